The Morgan fingerprint density at radius 3 is 2.34 bits per heavy atom. The molecule has 0 fully saturated rings. The van der Waals surface area contributed by atoms with Gasteiger partial charge in [0.15, 0.2) is 0 Å². The molecule has 3 unspecified atom stereocenters. The molecule has 0 spiro atoms. The van der Waals surface area contributed by atoms with E-state index in [1.165, 1.54) is 19.4 Å². The minimum Gasteiger partial charge on any atom is -0.481 e. The molecule has 0 saturated heterocycles. The topological polar surface area (TPSA) is 217 Å². The lowest BCUT2D eigenvalue weighted by molar-refractivity contribution is -0.143. The summed E-state index contributed by atoms with van der Waals surface area (Å²) in [5, 5.41) is 24.8. The van der Waals surface area contributed by atoms with Gasteiger partial charge in [-0.3, -0.25) is 19.2 Å². The number of H-pyrrole nitrogens is 1. The van der Waals surface area contributed by atoms with Crippen LogP contribution in [-0.2, 0) is 30.4 Å². The van der Waals surface area contributed by atoms with E-state index in [1.54, 1.807) is 0 Å². The summed E-state index contributed by atoms with van der Waals surface area (Å²) in [4.78, 5) is 64.6. The van der Waals surface area contributed by atoms with Gasteiger partial charge < -0.3 is 36.9 Å². The van der Waals surface area contributed by atoms with Crippen LogP contribution in [0.1, 0.15) is 25.5 Å². The molecule has 13 heteroatoms. The fourth-order valence-electron chi connectivity index (χ4n) is 2.20. The zero-order valence-corrected chi connectivity index (χ0v) is 15.7. The Morgan fingerprint density at radius 1 is 1.14 bits per heavy atom. The summed E-state index contributed by atoms with van der Waals surface area (Å²) >= 11 is 0. The van der Waals surface area contributed by atoms with E-state index in [1.807, 2.05) is 0 Å². The molecule has 0 bridgehead atoms. The zero-order chi connectivity index (χ0) is 22.0. The smallest absolute Gasteiger partial charge is 0.326 e. The quantitative estimate of drug-likeness (QED) is 0.190. The second-order valence-electron chi connectivity index (χ2n) is 6.24. The molecule has 1 rings (SSSR count). The van der Waals surface area contributed by atoms with E-state index in [-0.39, 0.29) is 12.8 Å². The van der Waals surface area contributed by atoms with Crippen LogP contribution in [0.5, 0.6) is 0 Å². The first kappa shape index (κ1) is 23.6. The van der Waals surface area contributed by atoms with Crippen LogP contribution in [0.2, 0.25) is 0 Å². The first-order valence-electron chi connectivity index (χ1n) is 8.65. The normalized spacial score (nSPS) is 13.6. The van der Waals surface area contributed by atoms with Gasteiger partial charge >= 0.3 is 11.9 Å². The van der Waals surface area contributed by atoms with Crippen molar-refractivity contribution in [3.05, 3.63) is 18.2 Å². The van der Waals surface area contributed by atoms with E-state index >= 15 is 0 Å². The van der Waals surface area contributed by atoms with Crippen LogP contribution in [0.3, 0.4) is 0 Å². The van der Waals surface area contributed by atoms with E-state index in [0.29, 0.717) is 5.69 Å². The van der Waals surface area contributed by atoms with Crippen molar-refractivity contribution in [3.8, 4) is 0 Å². The summed E-state index contributed by atoms with van der Waals surface area (Å²) in [6.45, 7) is 0.999. The predicted molar refractivity (Wildman–Crippen MR) is 97.3 cm³/mol. The molecule has 3 amide bonds. The summed E-state index contributed by atoms with van der Waals surface area (Å²) in [5.41, 5.74) is 5.87. The molecule has 29 heavy (non-hydrogen) atoms. The third kappa shape index (κ3) is 8.83. The number of carbonyl (C=O) groups is 5. The van der Waals surface area contributed by atoms with Crippen molar-refractivity contribution >= 4 is 29.7 Å². The Kier molecular flexibility index (Phi) is 9.25. The second-order valence-corrected chi connectivity index (χ2v) is 6.24. The first-order chi connectivity index (χ1) is 13.6. The molecule has 1 heterocycles. The maximum Gasteiger partial charge on any atom is 0.326 e. The van der Waals surface area contributed by atoms with Crippen LogP contribution in [0.4, 0.5) is 0 Å². The van der Waals surface area contributed by atoms with Crippen molar-refractivity contribution in [1.29, 1.82) is 0 Å². The largest absolute Gasteiger partial charge is 0.481 e. The lowest BCUT2D eigenvalue weighted by Crippen LogP contribution is -2.54. The minimum absolute atomic E-state index is 0.0376. The Morgan fingerprint density at radius 2 is 1.83 bits per heavy atom. The van der Waals surface area contributed by atoms with Crippen molar-refractivity contribution in [2.75, 3.05) is 6.54 Å². The lowest BCUT2D eigenvalue weighted by Gasteiger charge is -2.21. The number of hydrogen-bond acceptors (Lipinski definition) is 7. The third-order valence-corrected chi connectivity index (χ3v) is 3.73. The van der Waals surface area contributed by atoms with Crippen molar-refractivity contribution in [2.45, 2.75) is 44.3 Å². The molecule has 13 nitrogen and oxygen atoms in total. The van der Waals surface area contributed by atoms with E-state index in [0.717, 1.165) is 0 Å². The highest BCUT2D eigenvalue weighted by molar-refractivity contribution is 5.92. The molecule has 0 radical (unpaired) electrons. The van der Waals surface area contributed by atoms with Gasteiger partial charge in [0.25, 0.3) is 0 Å². The molecule has 0 aliphatic carbocycles. The van der Waals surface area contributed by atoms with Crippen LogP contribution in [0.25, 0.3) is 0 Å². The Balaban J connectivity index is 2.80. The van der Waals surface area contributed by atoms with Crippen LogP contribution in [-0.4, -0.2) is 74.5 Å². The van der Waals surface area contributed by atoms with Crippen LogP contribution in [0.15, 0.2) is 12.5 Å². The number of nitrogens with zero attached hydrogens (tertiary/aromatic N) is 1. The molecular formula is C16H24N6O7. The Labute approximate surface area is 165 Å². The number of aromatic amines is 1. The van der Waals surface area contributed by atoms with E-state index in [4.69, 9.17) is 10.8 Å². The average molecular weight is 412 g/mol. The Hall–Kier alpha value is -3.48. The number of aliphatic carboxylic acids is 2. The molecule has 0 aliphatic rings. The van der Waals surface area contributed by atoms with Gasteiger partial charge in [-0.1, -0.05) is 0 Å². The fourth-order valence-corrected chi connectivity index (χ4v) is 2.20. The molecule has 1 aromatic heterocycles. The first-order valence-corrected chi connectivity index (χ1v) is 8.65. The molecule has 0 aromatic carbocycles. The molecule has 0 aliphatic heterocycles. The van der Waals surface area contributed by atoms with E-state index in [2.05, 4.69) is 25.9 Å². The highest BCUT2D eigenvalue weighted by atomic mass is 16.4. The molecule has 0 saturated carbocycles. The molecule has 8 N–H and O–H groups in total. The van der Waals surface area contributed by atoms with Crippen LogP contribution in [0, 0.1) is 0 Å². The number of carboxylic acid groups (broad SMARTS) is 2. The second kappa shape index (κ2) is 11.4. The van der Waals surface area contributed by atoms with E-state index in [9.17, 15) is 29.1 Å². The SMILES string of the molecule is CC(N)C(=O)NCC(=O)NC(Cc1cnc[nH]1)C(=O)NC(CCC(=O)O)C(=O)O. The molecular weight excluding hydrogens is 388 g/mol. The Bertz CT molecular complexity index is 734. The number of nitrogens with one attached hydrogen (secondary N) is 4. The molecule has 160 valence electrons. The minimum atomic E-state index is -1.45. The predicted octanol–water partition coefficient (Wildman–Crippen LogP) is -2.67. The number of amides is 3. The fraction of sp³-hybridized carbons (Fsp3) is 0.500. The maximum atomic E-state index is 12.5. The van der Waals surface area contributed by atoms with Gasteiger partial charge in [0, 0.05) is 24.7 Å². The van der Waals surface area contributed by atoms with Crippen molar-refractivity contribution in [1.82, 2.24) is 25.9 Å². The van der Waals surface area contributed by atoms with E-state index < -0.39 is 60.8 Å². The van der Waals surface area contributed by atoms with Gasteiger partial charge in [0.05, 0.1) is 18.9 Å². The van der Waals surface area contributed by atoms with Gasteiger partial charge in [0.2, 0.25) is 17.7 Å². The number of carboxylic acids is 2. The summed E-state index contributed by atoms with van der Waals surface area (Å²) in [5.74, 6) is -4.71. The third-order valence-electron chi connectivity index (χ3n) is 3.73. The van der Waals surface area contributed by atoms with Crippen molar-refractivity contribution < 1.29 is 34.2 Å². The van der Waals surface area contributed by atoms with Crippen LogP contribution < -0.4 is 21.7 Å². The molecule has 3 atom stereocenters. The number of rotatable bonds is 12. The van der Waals surface area contributed by atoms with Crippen molar-refractivity contribution in [3.63, 3.8) is 0 Å². The van der Waals surface area contributed by atoms with Gasteiger partial charge in [-0.25, -0.2) is 9.78 Å². The highest BCUT2D eigenvalue weighted by Crippen LogP contribution is 2.03. The summed E-state index contributed by atoms with van der Waals surface area (Å²) in [7, 11) is 0. The number of carbonyl (C=O) groups excluding carboxylic acids is 3. The summed E-state index contributed by atoms with van der Waals surface area (Å²) in [6.07, 6.45) is 1.96. The van der Waals surface area contributed by atoms with Gasteiger partial charge in [-0.15, -0.1) is 0 Å². The van der Waals surface area contributed by atoms with Gasteiger partial charge in [0.1, 0.15) is 12.1 Å². The zero-order valence-electron chi connectivity index (χ0n) is 15.7. The number of aromatic nitrogens is 2. The monoisotopic (exact) mass is 412 g/mol. The lowest BCUT2D eigenvalue weighted by atomic mass is 10.1. The van der Waals surface area contributed by atoms with Crippen molar-refractivity contribution in [2.24, 2.45) is 5.73 Å². The maximum absolute atomic E-state index is 12.5. The number of nitrogens with two attached hydrogens (primary N) is 1. The van der Waals surface area contributed by atoms with Gasteiger partial charge in [-0.05, 0) is 13.3 Å². The van der Waals surface area contributed by atoms with Gasteiger partial charge in [-0.2, -0.15) is 0 Å². The summed E-state index contributed by atoms with van der Waals surface area (Å²) < 4.78 is 0. The molecule has 1 aromatic rings. The number of hydrogen-bond donors (Lipinski definition) is 7. The summed E-state index contributed by atoms with van der Waals surface area (Å²) in [6, 6.07) is -3.46. The van der Waals surface area contributed by atoms with Crippen LogP contribution >= 0.6 is 0 Å². The standard InChI is InChI=1S/C16H24N6O7/c1-8(17)14(26)19-6-12(23)21-11(4-9-5-18-7-20-9)15(27)22-10(16(28)29)2-3-13(24)25/h5,7-8,10-11H,2-4,6,17H2,1H3,(H,18,20)(H,19,26)(H,21,23)(H,22,27)(H,24,25)(H,28,29). The highest BCUT2D eigenvalue weighted by Gasteiger charge is 2.27. The average Bonchev–Trinajstić information content (AvgIpc) is 3.14. The number of imidazole rings is 1.